The summed E-state index contributed by atoms with van der Waals surface area (Å²) in [5.74, 6) is 0.951. The highest BCUT2D eigenvalue weighted by molar-refractivity contribution is 9.10. The van der Waals surface area contributed by atoms with Gasteiger partial charge in [-0.1, -0.05) is 45.8 Å². The second-order valence-electron chi connectivity index (χ2n) is 3.80. The highest BCUT2D eigenvalue weighted by Crippen LogP contribution is 2.30. The van der Waals surface area contributed by atoms with Crippen molar-refractivity contribution in [3.63, 3.8) is 0 Å². The predicted molar refractivity (Wildman–Crippen MR) is 73.0 cm³/mol. The van der Waals surface area contributed by atoms with Crippen molar-refractivity contribution in [2.45, 2.75) is 18.2 Å². The van der Waals surface area contributed by atoms with Gasteiger partial charge in [-0.3, -0.25) is 0 Å². The van der Waals surface area contributed by atoms with Gasteiger partial charge in [0.15, 0.2) is 4.67 Å². The fourth-order valence-electron chi connectivity index (χ4n) is 1.53. The largest absolute Gasteiger partial charge is 0.453 e. The smallest absolute Gasteiger partial charge is 0.169 e. The maximum absolute atomic E-state index is 5.51. The summed E-state index contributed by atoms with van der Waals surface area (Å²) in [5, 5.41) is 0. The van der Waals surface area contributed by atoms with Crippen LogP contribution in [0.1, 0.15) is 21.7 Å². The summed E-state index contributed by atoms with van der Waals surface area (Å²) in [4.78, 5) is 0.224. The first-order chi connectivity index (χ1) is 7.65. The molecular formula is C13H12Br2O. The third-order valence-corrected chi connectivity index (χ3v) is 3.64. The van der Waals surface area contributed by atoms with Gasteiger partial charge in [-0.25, -0.2) is 0 Å². The Morgan fingerprint density at radius 2 is 1.81 bits per heavy atom. The van der Waals surface area contributed by atoms with Crippen LogP contribution in [0.5, 0.6) is 0 Å². The van der Waals surface area contributed by atoms with E-state index in [1.807, 2.05) is 12.1 Å². The first-order valence-corrected chi connectivity index (χ1v) is 6.81. The number of hydrogen-bond donors (Lipinski definition) is 0. The zero-order chi connectivity index (χ0) is 11.5. The van der Waals surface area contributed by atoms with Crippen LogP contribution in [0.15, 0.2) is 45.5 Å². The molecule has 84 valence electrons. The van der Waals surface area contributed by atoms with E-state index in [9.17, 15) is 0 Å². The van der Waals surface area contributed by atoms with Gasteiger partial charge in [0.25, 0.3) is 0 Å². The molecule has 1 aromatic heterocycles. The quantitative estimate of drug-likeness (QED) is 0.712. The van der Waals surface area contributed by atoms with Crippen molar-refractivity contribution in [2.24, 2.45) is 0 Å². The molecule has 0 aliphatic carbocycles. The molecule has 0 radical (unpaired) electrons. The molecule has 3 heteroatoms. The molecule has 0 aliphatic heterocycles. The van der Waals surface area contributed by atoms with Gasteiger partial charge in [-0.2, -0.15) is 0 Å². The lowest BCUT2D eigenvalue weighted by Gasteiger charge is -2.07. The summed E-state index contributed by atoms with van der Waals surface area (Å²) in [6.07, 6.45) is 0.931. The number of hydrogen-bond acceptors (Lipinski definition) is 1. The standard InChI is InChI=1S/C13H12Br2O/c1-9-2-4-10(5-3-9)8-11(14)12-6-7-13(15)16-12/h2-7,11H,8H2,1H3. The summed E-state index contributed by atoms with van der Waals surface area (Å²) in [6.45, 7) is 2.10. The molecule has 0 bridgehead atoms. The van der Waals surface area contributed by atoms with E-state index in [1.165, 1.54) is 11.1 Å². The molecule has 2 rings (SSSR count). The van der Waals surface area contributed by atoms with Gasteiger partial charge in [-0.15, -0.1) is 0 Å². The van der Waals surface area contributed by atoms with Crippen molar-refractivity contribution in [3.8, 4) is 0 Å². The Bertz CT molecular complexity index is 459. The molecule has 0 amide bonds. The van der Waals surface area contributed by atoms with Crippen LogP contribution < -0.4 is 0 Å². The molecule has 0 N–H and O–H groups in total. The Morgan fingerprint density at radius 1 is 1.12 bits per heavy atom. The number of aryl methyl sites for hydroxylation is 1. The van der Waals surface area contributed by atoms with Gasteiger partial charge in [0.2, 0.25) is 0 Å². The second-order valence-corrected chi connectivity index (χ2v) is 5.69. The third kappa shape index (κ3) is 2.98. The normalized spacial score (nSPS) is 12.7. The monoisotopic (exact) mass is 342 g/mol. The maximum Gasteiger partial charge on any atom is 0.169 e. The average Bonchev–Trinajstić information content (AvgIpc) is 2.68. The van der Waals surface area contributed by atoms with Gasteiger partial charge >= 0.3 is 0 Å². The Balaban J connectivity index is 2.07. The van der Waals surface area contributed by atoms with Gasteiger partial charge < -0.3 is 4.42 Å². The van der Waals surface area contributed by atoms with E-state index >= 15 is 0 Å². The number of halogens is 2. The van der Waals surface area contributed by atoms with Crippen molar-refractivity contribution < 1.29 is 4.42 Å². The van der Waals surface area contributed by atoms with Crippen LogP contribution in [0, 0.1) is 6.92 Å². The fourth-order valence-corrected chi connectivity index (χ4v) is 2.47. The summed E-state index contributed by atoms with van der Waals surface area (Å²) in [6, 6.07) is 12.5. The van der Waals surface area contributed by atoms with Crippen LogP contribution in [0.2, 0.25) is 0 Å². The van der Waals surface area contributed by atoms with E-state index in [0.717, 1.165) is 16.9 Å². The molecule has 16 heavy (non-hydrogen) atoms. The molecular weight excluding hydrogens is 332 g/mol. The summed E-state index contributed by atoms with van der Waals surface area (Å²) in [5.41, 5.74) is 2.59. The SMILES string of the molecule is Cc1ccc(CC(Br)c2ccc(Br)o2)cc1. The average molecular weight is 344 g/mol. The Morgan fingerprint density at radius 3 is 2.38 bits per heavy atom. The zero-order valence-corrected chi connectivity index (χ0v) is 12.1. The topological polar surface area (TPSA) is 13.1 Å². The van der Waals surface area contributed by atoms with Crippen LogP contribution in [0.25, 0.3) is 0 Å². The van der Waals surface area contributed by atoms with Gasteiger partial charge in [0, 0.05) is 0 Å². The molecule has 1 nitrogen and oxygen atoms in total. The number of benzene rings is 1. The highest BCUT2D eigenvalue weighted by Gasteiger charge is 2.12. The first kappa shape index (κ1) is 11.9. The molecule has 1 aromatic carbocycles. The van der Waals surface area contributed by atoms with Gasteiger partial charge in [-0.05, 0) is 47.0 Å². The highest BCUT2D eigenvalue weighted by atomic mass is 79.9. The van der Waals surface area contributed by atoms with E-state index < -0.39 is 0 Å². The molecule has 0 saturated carbocycles. The van der Waals surface area contributed by atoms with Crippen molar-refractivity contribution >= 4 is 31.9 Å². The minimum atomic E-state index is 0.224. The van der Waals surface area contributed by atoms with Crippen molar-refractivity contribution in [1.29, 1.82) is 0 Å². The first-order valence-electron chi connectivity index (χ1n) is 5.10. The predicted octanol–water partition coefficient (Wildman–Crippen LogP) is 5.03. The lowest BCUT2D eigenvalue weighted by atomic mass is 10.1. The minimum Gasteiger partial charge on any atom is -0.453 e. The molecule has 1 unspecified atom stereocenters. The Labute approximate surface area is 112 Å². The number of furan rings is 1. The zero-order valence-electron chi connectivity index (χ0n) is 8.91. The lowest BCUT2D eigenvalue weighted by molar-refractivity contribution is 0.486. The molecule has 0 saturated heterocycles. The Kier molecular flexibility index (Phi) is 3.87. The van der Waals surface area contributed by atoms with Crippen LogP contribution in [-0.2, 0) is 6.42 Å². The van der Waals surface area contributed by atoms with E-state index in [1.54, 1.807) is 0 Å². The van der Waals surface area contributed by atoms with Crippen LogP contribution >= 0.6 is 31.9 Å². The van der Waals surface area contributed by atoms with E-state index in [-0.39, 0.29) is 4.83 Å². The fraction of sp³-hybridized carbons (Fsp3) is 0.231. The van der Waals surface area contributed by atoms with E-state index in [0.29, 0.717) is 0 Å². The van der Waals surface area contributed by atoms with Gasteiger partial charge in [0.1, 0.15) is 5.76 Å². The third-order valence-electron chi connectivity index (χ3n) is 2.44. The number of rotatable bonds is 3. The van der Waals surface area contributed by atoms with Gasteiger partial charge in [0.05, 0.1) is 4.83 Å². The van der Waals surface area contributed by atoms with E-state index in [2.05, 4.69) is 63.0 Å². The molecule has 2 aromatic rings. The maximum atomic E-state index is 5.51. The van der Waals surface area contributed by atoms with Crippen molar-refractivity contribution in [3.05, 3.63) is 58.0 Å². The van der Waals surface area contributed by atoms with Crippen LogP contribution in [-0.4, -0.2) is 0 Å². The minimum absolute atomic E-state index is 0.224. The van der Waals surface area contributed by atoms with Crippen LogP contribution in [0.3, 0.4) is 0 Å². The number of alkyl halides is 1. The van der Waals surface area contributed by atoms with Crippen molar-refractivity contribution in [2.75, 3.05) is 0 Å². The summed E-state index contributed by atoms with van der Waals surface area (Å²) < 4.78 is 6.28. The van der Waals surface area contributed by atoms with Crippen LogP contribution in [0.4, 0.5) is 0 Å². The molecule has 0 fully saturated rings. The second kappa shape index (κ2) is 5.19. The molecule has 1 atom stereocenters. The van der Waals surface area contributed by atoms with E-state index in [4.69, 9.17) is 4.42 Å². The molecule has 1 heterocycles. The molecule has 0 aliphatic rings. The lowest BCUT2D eigenvalue weighted by Crippen LogP contribution is -1.93. The summed E-state index contributed by atoms with van der Waals surface area (Å²) in [7, 11) is 0. The summed E-state index contributed by atoms with van der Waals surface area (Å²) >= 11 is 6.95. The van der Waals surface area contributed by atoms with Crippen molar-refractivity contribution in [1.82, 2.24) is 0 Å². The molecule has 0 spiro atoms. The Hall–Kier alpha value is -0.540.